The number of imidazole rings is 2. The van der Waals surface area contributed by atoms with E-state index in [0.717, 1.165) is 46.1 Å². The third-order valence-electron chi connectivity index (χ3n) is 6.25. The maximum atomic E-state index is 13.1. The van der Waals surface area contributed by atoms with Crippen molar-refractivity contribution in [1.82, 2.24) is 14.0 Å². The van der Waals surface area contributed by atoms with Crippen LogP contribution in [0.25, 0.3) is 28.3 Å². The second-order valence-electron chi connectivity index (χ2n) is 8.48. The Bertz CT molecular complexity index is 1500. The van der Waals surface area contributed by atoms with E-state index in [0.29, 0.717) is 23.6 Å². The van der Waals surface area contributed by atoms with Crippen LogP contribution in [0.15, 0.2) is 79.0 Å². The molecule has 5 rings (SSSR count). The summed E-state index contributed by atoms with van der Waals surface area (Å²) in [6.45, 7) is 2.49. The number of ether oxygens (including phenoxy) is 2. The van der Waals surface area contributed by atoms with Crippen molar-refractivity contribution in [3.63, 3.8) is 0 Å². The zero-order valence-corrected chi connectivity index (χ0v) is 20.0. The van der Waals surface area contributed by atoms with E-state index in [1.165, 1.54) is 12.1 Å². The maximum Gasteiger partial charge on any atom is 0.416 e. The molecule has 0 aliphatic carbocycles. The Kier molecular flexibility index (Phi) is 5.96. The summed E-state index contributed by atoms with van der Waals surface area (Å²) in [5.41, 5.74) is 4.36. The van der Waals surface area contributed by atoms with E-state index in [9.17, 15) is 13.2 Å². The molecule has 0 bridgehead atoms. The number of halogens is 3. The van der Waals surface area contributed by atoms with E-state index in [-0.39, 0.29) is 0 Å². The third kappa shape index (κ3) is 4.30. The molecule has 0 aliphatic heterocycles. The van der Waals surface area contributed by atoms with Crippen LogP contribution in [0.1, 0.15) is 16.8 Å². The molecule has 5 nitrogen and oxygen atoms in total. The van der Waals surface area contributed by atoms with E-state index in [1.807, 2.05) is 70.6 Å². The highest BCUT2D eigenvalue weighted by Crippen LogP contribution is 2.34. The van der Waals surface area contributed by atoms with Crippen LogP contribution in [0.5, 0.6) is 11.5 Å². The zero-order chi connectivity index (χ0) is 25.4. The molecule has 0 amide bonds. The largest absolute Gasteiger partial charge is 0.497 e. The monoisotopic (exact) mass is 491 g/mol. The molecule has 0 unspecified atom stereocenters. The van der Waals surface area contributed by atoms with Gasteiger partial charge < -0.3 is 14.0 Å². The lowest BCUT2D eigenvalue weighted by Crippen LogP contribution is -2.04. The molecular formula is C28H24F3N3O2. The lowest BCUT2D eigenvalue weighted by molar-refractivity contribution is -0.137. The van der Waals surface area contributed by atoms with Crippen LogP contribution in [0.3, 0.4) is 0 Å². The van der Waals surface area contributed by atoms with Gasteiger partial charge in [0, 0.05) is 23.0 Å². The molecule has 2 aromatic heterocycles. The van der Waals surface area contributed by atoms with Crippen molar-refractivity contribution in [2.45, 2.75) is 19.6 Å². The molecule has 0 spiro atoms. The van der Waals surface area contributed by atoms with Crippen molar-refractivity contribution in [3.05, 3.63) is 95.8 Å². The number of rotatable bonds is 6. The van der Waals surface area contributed by atoms with E-state index in [2.05, 4.69) is 0 Å². The SMILES string of the molecule is COc1ccc(Cn2cc(-c3ccc(OC)cc3)n3c(C)c(-c4ccc(C(F)(F)F)cc4)nc23)cc1. The van der Waals surface area contributed by atoms with Crippen LogP contribution in [0.2, 0.25) is 0 Å². The summed E-state index contributed by atoms with van der Waals surface area (Å²) in [4.78, 5) is 4.88. The van der Waals surface area contributed by atoms with E-state index >= 15 is 0 Å². The fraction of sp³-hybridized carbons (Fsp3) is 0.179. The highest BCUT2D eigenvalue weighted by Gasteiger charge is 2.30. The molecule has 36 heavy (non-hydrogen) atoms. The minimum atomic E-state index is -4.39. The Morgan fingerprint density at radius 2 is 1.33 bits per heavy atom. The summed E-state index contributed by atoms with van der Waals surface area (Å²) in [5, 5.41) is 0. The van der Waals surface area contributed by atoms with Gasteiger partial charge >= 0.3 is 6.18 Å². The van der Waals surface area contributed by atoms with Crippen LogP contribution in [0, 0.1) is 6.92 Å². The van der Waals surface area contributed by atoms with E-state index < -0.39 is 11.7 Å². The molecule has 2 heterocycles. The number of alkyl halides is 3. The van der Waals surface area contributed by atoms with Gasteiger partial charge in [-0.05, 0) is 61.0 Å². The topological polar surface area (TPSA) is 40.7 Å². The van der Waals surface area contributed by atoms with Gasteiger partial charge in [-0.2, -0.15) is 13.2 Å². The number of methoxy groups -OCH3 is 2. The number of hydrogen-bond donors (Lipinski definition) is 0. The molecule has 0 atom stereocenters. The van der Waals surface area contributed by atoms with Gasteiger partial charge in [0.2, 0.25) is 5.78 Å². The molecule has 184 valence electrons. The number of aromatic nitrogens is 3. The summed E-state index contributed by atoms with van der Waals surface area (Å²) in [7, 11) is 3.25. The first-order valence-corrected chi connectivity index (χ1v) is 11.3. The van der Waals surface area contributed by atoms with Crippen molar-refractivity contribution >= 4 is 5.78 Å². The Morgan fingerprint density at radius 1 is 0.778 bits per heavy atom. The number of hydrogen-bond acceptors (Lipinski definition) is 3. The van der Waals surface area contributed by atoms with Crippen LogP contribution in [-0.4, -0.2) is 28.2 Å². The molecule has 0 aliphatic rings. The van der Waals surface area contributed by atoms with Crippen molar-refractivity contribution in [3.8, 4) is 34.0 Å². The van der Waals surface area contributed by atoms with Crippen LogP contribution >= 0.6 is 0 Å². The molecule has 0 fully saturated rings. The van der Waals surface area contributed by atoms with Gasteiger partial charge in [0.25, 0.3) is 0 Å². The van der Waals surface area contributed by atoms with Crippen LogP contribution in [-0.2, 0) is 12.7 Å². The van der Waals surface area contributed by atoms with Gasteiger partial charge in [0.15, 0.2) is 0 Å². The average molecular weight is 492 g/mol. The van der Waals surface area contributed by atoms with Gasteiger partial charge in [-0.1, -0.05) is 24.3 Å². The Morgan fingerprint density at radius 3 is 1.89 bits per heavy atom. The lowest BCUT2D eigenvalue weighted by atomic mass is 10.1. The van der Waals surface area contributed by atoms with Gasteiger partial charge in [0.05, 0.1) is 37.7 Å². The molecule has 0 saturated carbocycles. The summed E-state index contributed by atoms with van der Waals surface area (Å²) >= 11 is 0. The Balaban J connectivity index is 1.64. The summed E-state index contributed by atoms with van der Waals surface area (Å²) in [6, 6.07) is 20.7. The predicted octanol–water partition coefficient (Wildman–Crippen LogP) is 6.86. The summed E-state index contributed by atoms with van der Waals surface area (Å²) in [5.74, 6) is 2.22. The van der Waals surface area contributed by atoms with E-state index in [4.69, 9.17) is 14.5 Å². The first-order chi connectivity index (χ1) is 17.3. The minimum absolute atomic E-state index is 0.562. The quantitative estimate of drug-likeness (QED) is 0.261. The zero-order valence-electron chi connectivity index (χ0n) is 20.0. The number of aryl methyl sites for hydroxylation is 1. The van der Waals surface area contributed by atoms with Crippen molar-refractivity contribution in [2.24, 2.45) is 0 Å². The molecule has 0 N–H and O–H groups in total. The highest BCUT2D eigenvalue weighted by molar-refractivity contribution is 5.71. The van der Waals surface area contributed by atoms with Crippen molar-refractivity contribution in [2.75, 3.05) is 14.2 Å². The number of benzene rings is 3. The average Bonchev–Trinajstić information content (AvgIpc) is 3.41. The summed E-state index contributed by atoms with van der Waals surface area (Å²) < 4.78 is 53.9. The lowest BCUT2D eigenvalue weighted by Gasteiger charge is -2.08. The Labute approximate surface area is 206 Å². The highest BCUT2D eigenvalue weighted by atomic mass is 19.4. The number of fused-ring (bicyclic) bond motifs is 1. The predicted molar refractivity (Wildman–Crippen MR) is 132 cm³/mol. The molecule has 5 aromatic rings. The van der Waals surface area contributed by atoms with Crippen molar-refractivity contribution < 1.29 is 22.6 Å². The number of nitrogens with zero attached hydrogens (tertiary/aromatic N) is 3. The fourth-order valence-electron chi connectivity index (χ4n) is 4.33. The van der Waals surface area contributed by atoms with Gasteiger partial charge in [0.1, 0.15) is 11.5 Å². The second-order valence-corrected chi connectivity index (χ2v) is 8.48. The van der Waals surface area contributed by atoms with Crippen LogP contribution < -0.4 is 9.47 Å². The van der Waals surface area contributed by atoms with E-state index in [1.54, 1.807) is 14.2 Å². The molecule has 0 radical (unpaired) electrons. The Hall–Kier alpha value is -4.20. The molecule has 8 heteroatoms. The van der Waals surface area contributed by atoms with Gasteiger partial charge in [-0.3, -0.25) is 4.40 Å². The summed E-state index contributed by atoms with van der Waals surface area (Å²) in [6.07, 6.45) is -2.35. The second kappa shape index (κ2) is 9.11. The fourth-order valence-corrected chi connectivity index (χ4v) is 4.33. The van der Waals surface area contributed by atoms with Crippen molar-refractivity contribution in [1.29, 1.82) is 0 Å². The van der Waals surface area contributed by atoms with Gasteiger partial charge in [-0.25, -0.2) is 4.98 Å². The molecular weight excluding hydrogens is 467 g/mol. The first kappa shape index (κ1) is 23.5. The molecule has 3 aromatic carbocycles. The van der Waals surface area contributed by atoms with Crippen LogP contribution in [0.4, 0.5) is 13.2 Å². The minimum Gasteiger partial charge on any atom is -0.497 e. The maximum absolute atomic E-state index is 13.1. The normalized spacial score (nSPS) is 11.7. The molecule has 0 saturated heterocycles. The smallest absolute Gasteiger partial charge is 0.416 e. The van der Waals surface area contributed by atoms with Gasteiger partial charge in [-0.15, -0.1) is 0 Å². The third-order valence-corrected chi connectivity index (χ3v) is 6.25. The first-order valence-electron chi connectivity index (χ1n) is 11.3. The standard InChI is InChI=1S/C28H24F3N3O2/c1-18-26(21-6-10-22(11-7-21)28(29,30)31)32-27-33(16-19-4-12-23(35-2)13-5-19)17-25(34(18)27)20-8-14-24(36-3)15-9-20/h4-15,17H,16H2,1-3H3.